The van der Waals surface area contributed by atoms with Crippen LogP contribution in [0.3, 0.4) is 0 Å². The highest BCUT2D eigenvalue weighted by molar-refractivity contribution is 5.96. The van der Waals surface area contributed by atoms with E-state index in [0.29, 0.717) is 13.2 Å². The summed E-state index contributed by atoms with van der Waals surface area (Å²) in [7, 11) is 1.58. The first-order valence-electron chi connectivity index (χ1n) is 9.89. The summed E-state index contributed by atoms with van der Waals surface area (Å²) in [6.07, 6.45) is 1.99. The first kappa shape index (κ1) is 22.4. The van der Waals surface area contributed by atoms with Gasteiger partial charge in [-0.05, 0) is 45.4 Å². The van der Waals surface area contributed by atoms with Gasteiger partial charge in [0.05, 0.1) is 17.7 Å². The zero-order valence-corrected chi connectivity index (χ0v) is 18.4. The van der Waals surface area contributed by atoms with E-state index in [1.54, 1.807) is 7.11 Å². The molecule has 1 aromatic carbocycles. The molecule has 6 N–H and O–H groups in total. The number of hydrogen-bond donors (Lipinski definition) is 4. The van der Waals surface area contributed by atoms with E-state index in [9.17, 15) is 4.79 Å². The predicted octanol–water partition coefficient (Wildman–Crippen LogP) is 1.51. The van der Waals surface area contributed by atoms with Crippen LogP contribution in [0.25, 0.3) is 10.9 Å². The molecular weight excluding hydrogens is 398 g/mol. The third-order valence-electron chi connectivity index (χ3n) is 4.57. The number of nitrogens with one attached hydrogen (secondary N) is 2. The Morgan fingerprint density at radius 1 is 1.29 bits per heavy atom. The molecule has 1 amide bonds. The predicted molar refractivity (Wildman–Crippen MR) is 119 cm³/mol. The van der Waals surface area contributed by atoms with Gasteiger partial charge in [0.2, 0.25) is 5.95 Å². The van der Waals surface area contributed by atoms with Crippen LogP contribution in [0.2, 0.25) is 0 Å². The minimum absolute atomic E-state index is 0.0603. The van der Waals surface area contributed by atoms with E-state index in [4.69, 9.17) is 21.3 Å². The van der Waals surface area contributed by atoms with Crippen molar-refractivity contribution in [1.29, 1.82) is 0 Å². The number of methoxy groups -OCH3 is 1. The summed E-state index contributed by atoms with van der Waals surface area (Å²) in [5.74, 6) is -0.312. The number of nitrogens with two attached hydrogens (primary N) is 2. The second kappa shape index (κ2) is 8.82. The molecule has 166 valence electrons. The average molecular weight is 428 g/mol. The molecule has 11 nitrogen and oxygen atoms in total. The maximum atomic E-state index is 11.8. The number of anilines is 3. The topological polar surface area (TPSA) is 159 Å². The van der Waals surface area contributed by atoms with E-state index in [0.717, 1.165) is 22.2 Å². The molecule has 0 radical (unpaired) electrons. The van der Waals surface area contributed by atoms with Crippen molar-refractivity contribution in [3.8, 4) is 0 Å². The molecule has 0 saturated heterocycles. The number of nitrogens with zero attached hydrogens (tertiary/aromatic N) is 5. The number of primary amides is 1. The number of aryl methyl sites for hydroxylation is 1. The fourth-order valence-corrected chi connectivity index (χ4v) is 3.01. The number of benzene rings is 1. The maximum absolute atomic E-state index is 11.8. The molecule has 11 heteroatoms. The molecule has 0 spiro atoms. The lowest BCUT2D eigenvalue weighted by Crippen LogP contribution is -2.34. The van der Waals surface area contributed by atoms with Gasteiger partial charge in [-0.2, -0.15) is 10.1 Å². The van der Waals surface area contributed by atoms with Gasteiger partial charge in [0.1, 0.15) is 0 Å². The van der Waals surface area contributed by atoms with E-state index in [2.05, 4.69) is 46.6 Å². The molecule has 0 aliphatic heterocycles. The zero-order valence-electron chi connectivity index (χ0n) is 18.4. The summed E-state index contributed by atoms with van der Waals surface area (Å²) in [6.45, 7) is 9.00. The summed E-state index contributed by atoms with van der Waals surface area (Å²) in [5.41, 5.74) is 13.8. The smallest absolute Gasteiger partial charge is 0.273 e. The van der Waals surface area contributed by atoms with Crippen LogP contribution in [0.15, 0.2) is 18.3 Å². The SMILES string of the molecule is COC[C@H](N)CNc1nnc(C(N)=O)c(Nc2cc(C)c3nn(C(C)(C)C)cc3c2)n1. The molecule has 2 aromatic heterocycles. The highest BCUT2D eigenvalue weighted by atomic mass is 16.5. The van der Waals surface area contributed by atoms with Gasteiger partial charge >= 0.3 is 0 Å². The number of ether oxygens (including phenoxy) is 1. The molecule has 2 heterocycles. The lowest BCUT2D eigenvalue weighted by molar-refractivity contribution is 0.0995. The number of carbonyl (C=O) groups is 1. The Hall–Kier alpha value is -3.31. The number of hydrogen-bond acceptors (Lipinski definition) is 9. The van der Waals surface area contributed by atoms with Crippen LogP contribution in [0.5, 0.6) is 0 Å². The van der Waals surface area contributed by atoms with Crippen LogP contribution < -0.4 is 22.1 Å². The first-order valence-corrected chi connectivity index (χ1v) is 9.89. The van der Waals surface area contributed by atoms with Gasteiger partial charge in [0, 0.05) is 37.0 Å². The molecule has 0 bridgehead atoms. The lowest BCUT2D eigenvalue weighted by atomic mass is 10.1. The molecular formula is C20H29N9O2. The number of aromatic nitrogens is 5. The number of carbonyl (C=O) groups excluding carboxylic acids is 1. The van der Waals surface area contributed by atoms with Crippen LogP contribution in [0.1, 0.15) is 36.8 Å². The van der Waals surface area contributed by atoms with Crippen molar-refractivity contribution in [2.75, 3.05) is 30.9 Å². The van der Waals surface area contributed by atoms with Gasteiger partial charge in [-0.1, -0.05) is 0 Å². The van der Waals surface area contributed by atoms with Gasteiger partial charge in [0.15, 0.2) is 11.5 Å². The summed E-state index contributed by atoms with van der Waals surface area (Å²) >= 11 is 0. The number of amides is 1. The molecule has 0 aliphatic carbocycles. The van der Waals surface area contributed by atoms with Crippen LogP contribution in [0.4, 0.5) is 17.5 Å². The van der Waals surface area contributed by atoms with Gasteiger partial charge in [-0.3, -0.25) is 9.48 Å². The maximum Gasteiger partial charge on any atom is 0.273 e. The van der Waals surface area contributed by atoms with Gasteiger partial charge in [-0.15, -0.1) is 10.2 Å². The monoisotopic (exact) mass is 427 g/mol. The highest BCUT2D eigenvalue weighted by Crippen LogP contribution is 2.27. The molecule has 0 unspecified atom stereocenters. The van der Waals surface area contributed by atoms with Crippen LogP contribution >= 0.6 is 0 Å². The summed E-state index contributed by atoms with van der Waals surface area (Å²) in [6, 6.07) is 3.62. The fourth-order valence-electron chi connectivity index (χ4n) is 3.01. The summed E-state index contributed by atoms with van der Waals surface area (Å²) in [4.78, 5) is 16.2. The minimum Gasteiger partial charge on any atom is -0.383 e. The Labute approximate surface area is 180 Å². The van der Waals surface area contributed by atoms with Crippen LogP contribution in [-0.4, -0.2) is 57.2 Å². The largest absolute Gasteiger partial charge is 0.383 e. The molecule has 1 atom stereocenters. The summed E-state index contributed by atoms with van der Waals surface area (Å²) in [5, 5.41) is 19.6. The Kier molecular flexibility index (Phi) is 6.37. The molecule has 0 aliphatic rings. The van der Waals surface area contributed by atoms with Crippen molar-refractivity contribution in [1.82, 2.24) is 25.0 Å². The first-order chi connectivity index (χ1) is 14.6. The zero-order chi connectivity index (χ0) is 22.8. The van der Waals surface area contributed by atoms with Gasteiger partial charge in [-0.25, -0.2) is 0 Å². The molecule has 0 fully saturated rings. The normalized spacial score (nSPS) is 12.7. The van der Waals surface area contributed by atoms with Crippen LogP contribution in [-0.2, 0) is 10.3 Å². The van der Waals surface area contributed by atoms with Crippen molar-refractivity contribution in [3.63, 3.8) is 0 Å². The standard InChI is InChI=1S/C20H29N9O2/c1-11-6-14(7-12-9-29(20(2,3)4)28-15(11)12)24-18-16(17(22)30)26-27-19(25-18)23-8-13(21)10-31-5/h6-7,9,13H,8,10,21H2,1-5H3,(H2,22,30)(H2,23,24,25,27)/t13-/m1/s1. The second-order valence-electron chi connectivity index (χ2n) is 8.39. The average Bonchev–Trinajstić information content (AvgIpc) is 3.12. The fraction of sp³-hybridized carbons (Fsp3) is 0.450. The lowest BCUT2D eigenvalue weighted by Gasteiger charge is -2.18. The molecule has 3 rings (SSSR count). The van der Waals surface area contributed by atoms with Crippen molar-refractivity contribution in [3.05, 3.63) is 29.6 Å². The minimum atomic E-state index is -0.733. The highest BCUT2D eigenvalue weighted by Gasteiger charge is 2.18. The van der Waals surface area contributed by atoms with Crippen molar-refractivity contribution in [2.45, 2.75) is 39.3 Å². The van der Waals surface area contributed by atoms with E-state index < -0.39 is 5.91 Å². The molecule has 3 aromatic rings. The Bertz CT molecular complexity index is 1090. The van der Waals surface area contributed by atoms with Gasteiger partial charge < -0.3 is 26.8 Å². The second-order valence-corrected chi connectivity index (χ2v) is 8.39. The van der Waals surface area contributed by atoms with E-state index in [1.807, 2.05) is 29.9 Å². The quantitative estimate of drug-likeness (QED) is 0.418. The van der Waals surface area contributed by atoms with Crippen molar-refractivity contribution in [2.24, 2.45) is 11.5 Å². The number of rotatable bonds is 8. The Morgan fingerprint density at radius 3 is 2.68 bits per heavy atom. The van der Waals surface area contributed by atoms with E-state index in [-0.39, 0.29) is 29.0 Å². The van der Waals surface area contributed by atoms with E-state index >= 15 is 0 Å². The summed E-state index contributed by atoms with van der Waals surface area (Å²) < 4.78 is 6.94. The Balaban J connectivity index is 1.91. The molecule has 31 heavy (non-hydrogen) atoms. The van der Waals surface area contributed by atoms with E-state index in [1.165, 1.54) is 0 Å². The van der Waals surface area contributed by atoms with Crippen molar-refractivity contribution >= 4 is 34.3 Å². The molecule has 0 saturated carbocycles. The number of fused-ring (bicyclic) bond motifs is 1. The van der Waals surface area contributed by atoms with Crippen LogP contribution in [0, 0.1) is 6.92 Å². The third-order valence-corrected chi connectivity index (χ3v) is 4.57. The Morgan fingerprint density at radius 2 is 2.03 bits per heavy atom. The third kappa shape index (κ3) is 5.25. The van der Waals surface area contributed by atoms with Crippen molar-refractivity contribution < 1.29 is 9.53 Å². The van der Waals surface area contributed by atoms with Gasteiger partial charge in [0.25, 0.3) is 5.91 Å².